The highest BCUT2D eigenvalue weighted by Gasteiger charge is 2.03. The Bertz CT molecular complexity index is 719. The molecule has 2 nitrogen and oxygen atoms in total. The van der Waals surface area contributed by atoms with E-state index in [4.69, 9.17) is 0 Å². The number of aryl methyl sites for hydroxylation is 1. The van der Waals surface area contributed by atoms with Crippen molar-refractivity contribution in [3.05, 3.63) is 60.4 Å². The SMILES string of the molecule is Cc1ncccc1-c1ccc2cc(O)ccc2c1. The van der Waals surface area contributed by atoms with Gasteiger partial charge in [-0.05, 0) is 47.5 Å². The lowest BCUT2D eigenvalue weighted by Crippen LogP contribution is -1.86. The average Bonchev–Trinajstić information content (AvgIpc) is 2.39. The molecule has 0 unspecified atom stereocenters. The Balaban J connectivity index is 2.20. The van der Waals surface area contributed by atoms with Gasteiger partial charge in [0.05, 0.1) is 0 Å². The normalized spacial score (nSPS) is 10.7. The van der Waals surface area contributed by atoms with E-state index in [1.807, 2.05) is 25.1 Å². The number of aromatic hydroxyl groups is 1. The number of benzene rings is 2. The summed E-state index contributed by atoms with van der Waals surface area (Å²) in [7, 11) is 0. The first-order valence-corrected chi connectivity index (χ1v) is 5.89. The van der Waals surface area contributed by atoms with Gasteiger partial charge in [0.25, 0.3) is 0 Å². The van der Waals surface area contributed by atoms with E-state index < -0.39 is 0 Å². The molecule has 0 atom stereocenters. The van der Waals surface area contributed by atoms with Crippen molar-refractivity contribution in [1.29, 1.82) is 0 Å². The molecule has 0 fully saturated rings. The summed E-state index contributed by atoms with van der Waals surface area (Å²) in [6.07, 6.45) is 1.80. The van der Waals surface area contributed by atoms with E-state index in [2.05, 4.69) is 23.2 Å². The van der Waals surface area contributed by atoms with E-state index in [1.165, 1.54) is 0 Å². The van der Waals surface area contributed by atoms with E-state index in [1.54, 1.807) is 18.3 Å². The molecule has 0 saturated carbocycles. The van der Waals surface area contributed by atoms with Crippen LogP contribution in [-0.4, -0.2) is 10.1 Å². The van der Waals surface area contributed by atoms with Gasteiger partial charge in [0.1, 0.15) is 5.75 Å². The van der Waals surface area contributed by atoms with Crippen molar-refractivity contribution >= 4 is 10.8 Å². The zero-order valence-electron chi connectivity index (χ0n) is 10.1. The number of nitrogens with zero attached hydrogens (tertiary/aromatic N) is 1. The molecule has 0 bridgehead atoms. The fraction of sp³-hybridized carbons (Fsp3) is 0.0625. The Labute approximate surface area is 106 Å². The topological polar surface area (TPSA) is 33.1 Å². The Morgan fingerprint density at radius 3 is 2.56 bits per heavy atom. The van der Waals surface area contributed by atoms with Crippen LogP contribution in [-0.2, 0) is 0 Å². The minimum atomic E-state index is 0.299. The lowest BCUT2D eigenvalue weighted by molar-refractivity contribution is 0.476. The predicted octanol–water partition coefficient (Wildman–Crippen LogP) is 3.92. The van der Waals surface area contributed by atoms with Crippen molar-refractivity contribution in [2.75, 3.05) is 0 Å². The van der Waals surface area contributed by atoms with Crippen LogP contribution in [0.4, 0.5) is 0 Å². The van der Waals surface area contributed by atoms with Gasteiger partial charge in [-0.2, -0.15) is 0 Å². The highest BCUT2D eigenvalue weighted by Crippen LogP contribution is 2.27. The number of phenols is 1. The summed E-state index contributed by atoms with van der Waals surface area (Å²) in [6.45, 7) is 2.01. The second kappa shape index (κ2) is 4.15. The zero-order valence-corrected chi connectivity index (χ0v) is 10.1. The molecule has 1 N–H and O–H groups in total. The molecule has 0 radical (unpaired) electrons. The number of aromatic nitrogens is 1. The van der Waals surface area contributed by atoms with E-state index in [0.29, 0.717) is 5.75 Å². The molecular weight excluding hydrogens is 222 g/mol. The molecule has 3 rings (SSSR count). The third-order valence-corrected chi connectivity index (χ3v) is 3.14. The van der Waals surface area contributed by atoms with Gasteiger partial charge in [-0.25, -0.2) is 0 Å². The molecule has 2 aromatic carbocycles. The fourth-order valence-electron chi connectivity index (χ4n) is 2.19. The van der Waals surface area contributed by atoms with Gasteiger partial charge < -0.3 is 5.11 Å². The summed E-state index contributed by atoms with van der Waals surface area (Å²) < 4.78 is 0. The first kappa shape index (κ1) is 10.8. The fourth-order valence-corrected chi connectivity index (χ4v) is 2.19. The average molecular weight is 235 g/mol. The van der Waals surface area contributed by atoms with Crippen LogP contribution >= 0.6 is 0 Å². The predicted molar refractivity (Wildman–Crippen MR) is 73.6 cm³/mol. The van der Waals surface area contributed by atoms with E-state index in [0.717, 1.165) is 27.6 Å². The quantitative estimate of drug-likeness (QED) is 0.693. The molecule has 18 heavy (non-hydrogen) atoms. The summed E-state index contributed by atoms with van der Waals surface area (Å²) in [6, 6.07) is 15.6. The summed E-state index contributed by atoms with van der Waals surface area (Å²) >= 11 is 0. The van der Waals surface area contributed by atoms with Crippen molar-refractivity contribution in [3.8, 4) is 16.9 Å². The minimum absolute atomic E-state index is 0.299. The summed E-state index contributed by atoms with van der Waals surface area (Å²) in [4.78, 5) is 4.31. The second-order valence-corrected chi connectivity index (χ2v) is 4.38. The van der Waals surface area contributed by atoms with Crippen molar-refractivity contribution < 1.29 is 5.11 Å². The monoisotopic (exact) mass is 235 g/mol. The van der Waals surface area contributed by atoms with Crippen LogP contribution in [0, 0.1) is 6.92 Å². The van der Waals surface area contributed by atoms with Crippen molar-refractivity contribution in [2.24, 2.45) is 0 Å². The van der Waals surface area contributed by atoms with Gasteiger partial charge in [-0.15, -0.1) is 0 Å². The summed E-state index contributed by atoms with van der Waals surface area (Å²) in [5, 5.41) is 11.6. The Kier molecular flexibility index (Phi) is 2.49. The van der Waals surface area contributed by atoms with Gasteiger partial charge in [-0.1, -0.05) is 24.3 Å². The number of pyridine rings is 1. The number of rotatable bonds is 1. The van der Waals surface area contributed by atoms with Crippen molar-refractivity contribution in [3.63, 3.8) is 0 Å². The van der Waals surface area contributed by atoms with Crippen molar-refractivity contribution in [2.45, 2.75) is 6.92 Å². The second-order valence-electron chi connectivity index (χ2n) is 4.38. The molecule has 0 amide bonds. The lowest BCUT2D eigenvalue weighted by atomic mass is 10.0. The molecular formula is C16H13NO. The maximum atomic E-state index is 9.45. The molecule has 0 aliphatic heterocycles. The smallest absolute Gasteiger partial charge is 0.116 e. The van der Waals surface area contributed by atoms with E-state index >= 15 is 0 Å². The van der Waals surface area contributed by atoms with E-state index in [-0.39, 0.29) is 0 Å². The van der Waals surface area contributed by atoms with Gasteiger partial charge in [-0.3, -0.25) is 4.98 Å². The molecule has 2 heteroatoms. The highest BCUT2D eigenvalue weighted by molar-refractivity contribution is 5.88. The molecule has 0 aliphatic carbocycles. The molecule has 3 aromatic rings. The maximum Gasteiger partial charge on any atom is 0.116 e. The number of hydrogen-bond acceptors (Lipinski definition) is 2. The molecule has 1 heterocycles. The molecule has 0 saturated heterocycles. The van der Waals surface area contributed by atoms with Crippen LogP contribution < -0.4 is 0 Å². The first-order valence-electron chi connectivity index (χ1n) is 5.89. The Morgan fingerprint density at radius 1 is 0.944 bits per heavy atom. The summed E-state index contributed by atoms with van der Waals surface area (Å²) in [5.74, 6) is 0.299. The summed E-state index contributed by atoms with van der Waals surface area (Å²) in [5.41, 5.74) is 3.32. The molecule has 1 aromatic heterocycles. The van der Waals surface area contributed by atoms with Crippen LogP contribution in [0.5, 0.6) is 5.75 Å². The minimum Gasteiger partial charge on any atom is -0.508 e. The van der Waals surface area contributed by atoms with Crippen LogP contribution in [0.15, 0.2) is 54.7 Å². The van der Waals surface area contributed by atoms with Gasteiger partial charge >= 0.3 is 0 Å². The van der Waals surface area contributed by atoms with Gasteiger partial charge in [0, 0.05) is 17.5 Å². The number of fused-ring (bicyclic) bond motifs is 1. The van der Waals surface area contributed by atoms with Gasteiger partial charge in [0.2, 0.25) is 0 Å². The molecule has 88 valence electrons. The maximum absolute atomic E-state index is 9.45. The third kappa shape index (κ3) is 1.82. The van der Waals surface area contributed by atoms with Gasteiger partial charge in [0.15, 0.2) is 0 Å². The van der Waals surface area contributed by atoms with E-state index in [9.17, 15) is 5.11 Å². The standard InChI is InChI=1S/C16H13NO/c1-11-16(3-2-8-17-11)14-5-4-13-10-15(18)7-6-12(13)9-14/h2-10,18H,1H3. The Hall–Kier alpha value is -2.35. The largest absolute Gasteiger partial charge is 0.508 e. The lowest BCUT2D eigenvalue weighted by Gasteiger charge is -2.06. The number of hydrogen-bond donors (Lipinski definition) is 1. The van der Waals surface area contributed by atoms with Crippen LogP contribution in [0.1, 0.15) is 5.69 Å². The molecule has 0 aliphatic rings. The van der Waals surface area contributed by atoms with Crippen molar-refractivity contribution in [1.82, 2.24) is 4.98 Å². The third-order valence-electron chi connectivity index (χ3n) is 3.14. The van der Waals surface area contributed by atoms with Crippen LogP contribution in [0.25, 0.3) is 21.9 Å². The number of phenolic OH excluding ortho intramolecular Hbond substituents is 1. The highest BCUT2D eigenvalue weighted by atomic mass is 16.3. The van der Waals surface area contributed by atoms with Crippen LogP contribution in [0.2, 0.25) is 0 Å². The zero-order chi connectivity index (χ0) is 12.5. The molecule has 0 spiro atoms. The Morgan fingerprint density at radius 2 is 1.72 bits per heavy atom. The first-order chi connectivity index (χ1) is 8.74. The van der Waals surface area contributed by atoms with Crippen LogP contribution in [0.3, 0.4) is 0 Å².